The van der Waals surface area contributed by atoms with Crippen molar-refractivity contribution in [3.63, 3.8) is 0 Å². The Kier molecular flexibility index (Phi) is 6.43. The van der Waals surface area contributed by atoms with E-state index in [2.05, 4.69) is 25.7 Å². The van der Waals surface area contributed by atoms with Gasteiger partial charge in [0.25, 0.3) is 0 Å². The molecule has 4 heterocycles. The number of tetrazole rings is 1. The van der Waals surface area contributed by atoms with Gasteiger partial charge in [-0.05, 0) is 41.0 Å². The van der Waals surface area contributed by atoms with Gasteiger partial charge in [-0.3, -0.25) is 4.68 Å². The fourth-order valence-corrected chi connectivity index (χ4v) is 4.78. The smallest absolute Gasteiger partial charge is 0.333 e. The molecule has 1 aromatic carbocycles. The zero-order valence-electron chi connectivity index (χ0n) is 20.4. The van der Waals surface area contributed by atoms with Crippen LogP contribution in [0, 0.1) is 28.3 Å². The quantitative estimate of drug-likeness (QED) is 0.200. The molecule has 0 aliphatic heterocycles. The van der Waals surface area contributed by atoms with Crippen LogP contribution in [0.5, 0.6) is 0 Å². The van der Waals surface area contributed by atoms with Gasteiger partial charge in [0.1, 0.15) is 24.1 Å². The van der Waals surface area contributed by atoms with Crippen LogP contribution >= 0.6 is 11.6 Å². The third-order valence-corrected chi connectivity index (χ3v) is 7.04. The second kappa shape index (κ2) is 10.1. The molecule has 1 aliphatic carbocycles. The fourth-order valence-electron chi connectivity index (χ4n) is 4.63. The average Bonchev–Trinajstić information content (AvgIpc) is 3.33. The Balaban J connectivity index is 1.39. The Morgan fingerprint density at radius 3 is 2.65 bits per heavy atom. The van der Waals surface area contributed by atoms with Crippen molar-refractivity contribution in [2.24, 2.45) is 5.92 Å². The first-order chi connectivity index (χ1) is 19.3. The predicted molar refractivity (Wildman–Crippen MR) is 133 cm³/mol. The average molecular weight is 567 g/mol. The molecule has 1 aliphatic rings. The van der Waals surface area contributed by atoms with E-state index < -0.39 is 18.4 Å². The Bertz CT molecular complexity index is 1740. The van der Waals surface area contributed by atoms with Crippen LogP contribution < -0.4 is 4.73 Å². The van der Waals surface area contributed by atoms with Crippen molar-refractivity contribution >= 4 is 11.6 Å². The number of rotatable bonds is 8. The van der Waals surface area contributed by atoms with Gasteiger partial charge in [-0.15, -0.1) is 5.10 Å². The summed E-state index contributed by atoms with van der Waals surface area (Å²) in [6, 6.07) is 7.48. The molecule has 202 valence electrons. The zero-order chi connectivity index (χ0) is 28.0. The molecule has 6 rings (SSSR count). The van der Waals surface area contributed by atoms with E-state index in [0.717, 1.165) is 19.0 Å². The lowest BCUT2D eigenvalue weighted by atomic mass is 10.0. The summed E-state index contributed by atoms with van der Waals surface area (Å²) in [6.45, 7) is -2.90. The molecule has 1 fully saturated rings. The summed E-state index contributed by atoms with van der Waals surface area (Å²) in [4.78, 5) is 0. The van der Waals surface area contributed by atoms with E-state index in [-0.39, 0.29) is 27.4 Å². The maximum atomic E-state index is 15.2. The zero-order valence-corrected chi connectivity index (χ0v) is 21.2. The van der Waals surface area contributed by atoms with Crippen molar-refractivity contribution in [3.8, 4) is 34.1 Å². The van der Waals surface area contributed by atoms with Crippen LogP contribution in [0.3, 0.4) is 0 Å². The maximum Gasteiger partial charge on any atom is 0.333 e. The van der Waals surface area contributed by atoms with Crippen molar-refractivity contribution in [3.05, 3.63) is 82.7 Å². The Labute approximate surface area is 229 Å². The first-order valence-corrected chi connectivity index (χ1v) is 12.5. The highest BCUT2D eigenvalue weighted by Crippen LogP contribution is 2.40. The summed E-state index contributed by atoms with van der Waals surface area (Å²) in [6.07, 6.45) is 9.12. The number of halogens is 4. The molecular weight excluding hydrogens is 549 g/mol. The van der Waals surface area contributed by atoms with E-state index in [9.17, 15) is 19.2 Å². The molecule has 5 aromatic rings. The topological polar surface area (TPSA) is 130 Å². The highest BCUT2D eigenvalue weighted by molar-refractivity contribution is 6.31. The van der Waals surface area contributed by atoms with Gasteiger partial charge in [-0.25, -0.2) is 9.07 Å². The van der Waals surface area contributed by atoms with Crippen molar-refractivity contribution in [2.75, 3.05) is 0 Å². The lowest BCUT2D eigenvalue weighted by Crippen LogP contribution is -2.35. The molecule has 15 heteroatoms. The Morgan fingerprint density at radius 2 is 1.98 bits per heavy atom. The molecule has 0 amide bonds. The molecular formula is C25H18ClF3N10O. The number of aromatic nitrogens is 9. The van der Waals surface area contributed by atoms with Gasteiger partial charge in [0, 0.05) is 24.0 Å². The molecule has 1 saturated carbocycles. The second-order valence-electron chi connectivity index (χ2n) is 9.34. The molecule has 1 atom stereocenters. The molecule has 4 aromatic heterocycles. The van der Waals surface area contributed by atoms with E-state index in [1.807, 2.05) is 6.07 Å². The maximum absolute atomic E-state index is 15.2. The summed E-state index contributed by atoms with van der Waals surface area (Å²) in [5, 5.41) is 41.9. The number of hydrogen-bond acceptors (Lipinski definition) is 7. The number of nitrogens with zero attached hydrogens (tertiary/aromatic N) is 10. The largest absolute Gasteiger partial charge is 0.618 e. The normalized spacial score (nSPS) is 14.0. The van der Waals surface area contributed by atoms with Crippen LogP contribution in [0.2, 0.25) is 5.02 Å². The summed E-state index contributed by atoms with van der Waals surface area (Å²) < 4.78 is 45.5. The summed E-state index contributed by atoms with van der Waals surface area (Å²) in [7, 11) is 0. The minimum absolute atomic E-state index is 0.0243. The van der Waals surface area contributed by atoms with Gasteiger partial charge >= 0.3 is 6.55 Å². The lowest BCUT2D eigenvalue weighted by Gasteiger charge is -2.18. The predicted octanol–water partition coefficient (Wildman–Crippen LogP) is 4.47. The number of nitriles is 1. The third-order valence-electron chi connectivity index (χ3n) is 6.74. The van der Waals surface area contributed by atoms with Crippen LogP contribution in [0.4, 0.5) is 13.2 Å². The fraction of sp³-hybridized carbons (Fsp3) is 0.240. The van der Waals surface area contributed by atoms with Crippen LogP contribution in [0.25, 0.3) is 28.1 Å². The number of benzene rings is 1. The van der Waals surface area contributed by atoms with Gasteiger partial charge in [0.05, 0.1) is 33.6 Å². The number of hydrogen-bond donors (Lipinski definition) is 0. The highest BCUT2D eigenvalue weighted by Gasteiger charge is 2.33. The van der Waals surface area contributed by atoms with Gasteiger partial charge in [0.15, 0.2) is 12.0 Å². The van der Waals surface area contributed by atoms with Gasteiger partial charge < -0.3 is 5.21 Å². The highest BCUT2D eigenvalue weighted by atomic mass is 35.5. The van der Waals surface area contributed by atoms with Gasteiger partial charge in [-0.2, -0.15) is 33.7 Å². The third kappa shape index (κ3) is 4.64. The van der Waals surface area contributed by atoms with E-state index >= 15 is 4.39 Å². The number of pyridine rings is 1. The molecule has 0 saturated heterocycles. The Hall–Kier alpha value is -4.77. The minimum Gasteiger partial charge on any atom is -0.618 e. The van der Waals surface area contributed by atoms with E-state index in [4.69, 9.17) is 11.6 Å². The minimum atomic E-state index is -2.90. The van der Waals surface area contributed by atoms with Crippen molar-refractivity contribution in [2.45, 2.75) is 31.9 Å². The van der Waals surface area contributed by atoms with E-state index in [0.29, 0.717) is 38.7 Å². The van der Waals surface area contributed by atoms with Crippen LogP contribution in [-0.4, -0.2) is 39.8 Å². The standard InChI is InChI=1S/C25H18ClF3N10O/c26-18-4-6-20(38-13-31-34-35-38)22(23(18)27)15-3-5-19(39(40)12-15)21(7-14-1-2-14)36-11-17(9-32-36)24-16(8-30)10-37(33-24)25(28)29/h3-6,9-14,21,25H,1-2,7H2. The van der Waals surface area contributed by atoms with Gasteiger partial charge in [-0.1, -0.05) is 24.4 Å². The van der Waals surface area contributed by atoms with E-state index in [1.165, 1.54) is 29.5 Å². The molecule has 0 spiro atoms. The first kappa shape index (κ1) is 25.5. The molecule has 0 bridgehead atoms. The summed E-state index contributed by atoms with van der Waals surface area (Å²) in [5.74, 6) is -0.355. The monoisotopic (exact) mass is 566 g/mol. The Morgan fingerprint density at radius 1 is 1.15 bits per heavy atom. The summed E-state index contributed by atoms with van der Waals surface area (Å²) >= 11 is 6.06. The molecule has 0 N–H and O–H groups in total. The van der Waals surface area contributed by atoms with Gasteiger partial charge in [0.2, 0.25) is 5.69 Å². The summed E-state index contributed by atoms with van der Waals surface area (Å²) in [5.41, 5.74) is 1.34. The van der Waals surface area contributed by atoms with Crippen LogP contribution in [-0.2, 0) is 0 Å². The molecule has 40 heavy (non-hydrogen) atoms. The molecule has 0 radical (unpaired) electrons. The molecule has 11 nitrogen and oxygen atoms in total. The lowest BCUT2D eigenvalue weighted by molar-refractivity contribution is -0.615. The first-order valence-electron chi connectivity index (χ1n) is 12.1. The van der Waals surface area contributed by atoms with E-state index in [1.54, 1.807) is 29.1 Å². The van der Waals surface area contributed by atoms with Crippen molar-refractivity contribution in [1.29, 1.82) is 5.26 Å². The van der Waals surface area contributed by atoms with Crippen LogP contribution in [0.15, 0.2) is 55.4 Å². The SMILES string of the molecule is N#Cc1cn(C(F)F)nc1-c1cnn(C(CC2CC2)c2ccc(-c3c(-n4cnnn4)ccc(Cl)c3F)c[n+]2[O-])c1. The number of alkyl halides is 2. The van der Waals surface area contributed by atoms with Crippen LogP contribution in [0.1, 0.15) is 43.1 Å². The van der Waals surface area contributed by atoms with Crippen molar-refractivity contribution in [1.82, 2.24) is 39.8 Å². The molecule has 1 unspecified atom stereocenters. The van der Waals surface area contributed by atoms with Crippen molar-refractivity contribution < 1.29 is 17.9 Å². The second-order valence-corrected chi connectivity index (χ2v) is 9.75.